The van der Waals surface area contributed by atoms with Gasteiger partial charge in [-0.05, 0) is 41.2 Å². The van der Waals surface area contributed by atoms with E-state index in [9.17, 15) is 13.2 Å². The molecule has 2 aromatic rings. The zero-order valence-corrected chi connectivity index (χ0v) is 19.7. The molecule has 1 saturated heterocycles. The molecule has 1 heterocycles. The molecule has 6 nitrogen and oxygen atoms in total. The molecule has 0 atom stereocenters. The number of piperazine rings is 1. The molecule has 31 heavy (non-hydrogen) atoms. The molecular weight excluding hydrogens is 410 g/mol. The van der Waals surface area contributed by atoms with Gasteiger partial charge in [-0.3, -0.25) is 4.79 Å². The predicted molar refractivity (Wildman–Crippen MR) is 124 cm³/mol. The minimum Gasteiger partial charge on any atom is -0.325 e. The van der Waals surface area contributed by atoms with Crippen molar-refractivity contribution in [3.8, 4) is 0 Å². The van der Waals surface area contributed by atoms with Gasteiger partial charge in [0.15, 0.2) is 6.54 Å². The Morgan fingerprint density at radius 2 is 1.58 bits per heavy atom. The molecule has 0 bridgehead atoms. The molecule has 0 aromatic heterocycles. The summed E-state index contributed by atoms with van der Waals surface area (Å²) in [7, 11) is -3.50. The summed E-state index contributed by atoms with van der Waals surface area (Å²) in [5.74, 6) is 0.651. The van der Waals surface area contributed by atoms with E-state index in [4.69, 9.17) is 0 Å². The number of rotatable bonds is 7. The van der Waals surface area contributed by atoms with Crippen LogP contribution in [0.4, 0.5) is 5.69 Å². The van der Waals surface area contributed by atoms with E-state index in [2.05, 4.69) is 33.0 Å². The Balaban J connectivity index is 1.56. The van der Waals surface area contributed by atoms with Gasteiger partial charge in [-0.15, -0.1) is 0 Å². The summed E-state index contributed by atoms with van der Waals surface area (Å²) in [5, 5.41) is 3.03. The summed E-state index contributed by atoms with van der Waals surface area (Å²) < 4.78 is 27.5. The number of benzene rings is 2. The van der Waals surface area contributed by atoms with Crippen molar-refractivity contribution in [3.05, 3.63) is 59.7 Å². The first-order valence-electron chi connectivity index (χ1n) is 11.0. The summed E-state index contributed by atoms with van der Waals surface area (Å²) in [5.41, 5.74) is 3.09. The Morgan fingerprint density at radius 3 is 2.16 bits per heavy atom. The second-order valence-corrected chi connectivity index (χ2v) is 10.8. The minimum atomic E-state index is -3.50. The van der Waals surface area contributed by atoms with Gasteiger partial charge in [0.2, 0.25) is 10.0 Å². The quantitative estimate of drug-likeness (QED) is 0.689. The minimum absolute atomic E-state index is 0.0383. The molecule has 7 heteroatoms. The molecule has 2 aromatic carbocycles. The Bertz CT molecular complexity index is 993. The van der Waals surface area contributed by atoms with Crippen molar-refractivity contribution in [1.29, 1.82) is 0 Å². The molecule has 1 aliphatic heterocycles. The van der Waals surface area contributed by atoms with Crippen LogP contribution in [0.2, 0.25) is 0 Å². The Morgan fingerprint density at radius 1 is 0.968 bits per heavy atom. The predicted octanol–water partition coefficient (Wildman–Crippen LogP) is 2.46. The van der Waals surface area contributed by atoms with Crippen molar-refractivity contribution in [1.82, 2.24) is 4.31 Å². The molecular formula is C24H34N3O3S+. The highest BCUT2D eigenvalue weighted by Gasteiger charge is 2.31. The van der Waals surface area contributed by atoms with E-state index in [0.717, 1.165) is 21.7 Å². The van der Waals surface area contributed by atoms with Crippen LogP contribution in [-0.2, 0) is 14.8 Å². The van der Waals surface area contributed by atoms with Gasteiger partial charge in [-0.25, -0.2) is 8.42 Å². The fourth-order valence-corrected chi connectivity index (χ4v) is 5.37. The topological polar surface area (TPSA) is 70.9 Å². The fourth-order valence-electron chi connectivity index (χ4n) is 3.93. The first-order chi connectivity index (χ1) is 14.7. The third-order valence-electron chi connectivity index (χ3n) is 5.88. The van der Waals surface area contributed by atoms with E-state index in [0.29, 0.717) is 49.5 Å². The molecule has 1 fully saturated rings. The van der Waals surface area contributed by atoms with Crippen molar-refractivity contribution >= 4 is 21.6 Å². The maximum atomic E-state index is 13.0. The number of para-hydroxylation sites is 1. The molecule has 2 N–H and O–H groups in total. The average molecular weight is 445 g/mol. The number of anilines is 1. The SMILES string of the molecule is CC(C)c1ccc(S(=O)(=O)N2CC[NH+](CC(=O)Nc3ccccc3C(C)C)CC2)cc1. The molecule has 1 aliphatic rings. The van der Waals surface area contributed by atoms with Crippen LogP contribution < -0.4 is 10.2 Å². The smallest absolute Gasteiger partial charge is 0.279 e. The standard InChI is InChI=1S/C24H33N3O3S/c1-18(2)20-9-11-21(12-10-20)31(29,30)27-15-13-26(14-16-27)17-24(28)25-23-8-6-5-7-22(23)19(3)4/h5-12,18-19H,13-17H2,1-4H3,(H,25,28)/p+1. The second kappa shape index (κ2) is 9.94. The highest BCUT2D eigenvalue weighted by Crippen LogP contribution is 2.23. The maximum absolute atomic E-state index is 13.0. The highest BCUT2D eigenvalue weighted by molar-refractivity contribution is 7.89. The lowest BCUT2D eigenvalue weighted by atomic mass is 10.0. The van der Waals surface area contributed by atoms with E-state index in [1.165, 1.54) is 4.31 Å². The van der Waals surface area contributed by atoms with Crippen LogP contribution in [0.25, 0.3) is 0 Å². The van der Waals surface area contributed by atoms with Gasteiger partial charge in [0.25, 0.3) is 5.91 Å². The average Bonchev–Trinajstić information content (AvgIpc) is 2.74. The fraction of sp³-hybridized carbons (Fsp3) is 0.458. The summed E-state index contributed by atoms with van der Waals surface area (Å²) >= 11 is 0. The van der Waals surface area contributed by atoms with Crippen LogP contribution >= 0.6 is 0 Å². The van der Waals surface area contributed by atoms with Crippen LogP contribution in [0.5, 0.6) is 0 Å². The largest absolute Gasteiger partial charge is 0.325 e. The molecule has 0 saturated carbocycles. The van der Waals surface area contributed by atoms with Gasteiger partial charge in [0, 0.05) is 5.69 Å². The van der Waals surface area contributed by atoms with E-state index in [1.807, 2.05) is 36.4 Å². The van der Waals surface area contributed by atoms with Gasteiger partial charge in [0.05, 0.1) is 31.1 Å². The number of carbonyl (C=O) groups excluding carboxylic acids is 1. The zero-order valence-electron chi connectivity index (χ0n) is 18.9. The monoisotopic (exact) mass is 444 g/mol. The lowest BCUT2D eigenvalue weighted by Gasteiger charge is -2.31. The Hall–Kier alpha value is -2.22. The zero-order chi connectivity index (χ0) is 22.6. The number of hydrogen-bond acceptors (Lipinski definition) is 3. The van der Waals surface area contributed by atoms with Gasteiger partial charge < -0.3 is 10.2 Å². The summed E-state index contributed by atoms with van der Waals surface area (Å²) in [4.78, 5) is 14.0. The van der Waals surface area contributed by atoms with Crippen LogP contribution in [0.1, 0.15) is 50.7 Å². The maximum Gasteiger partial charge on any atom is 0.279 e. The highest BCUT2D eigenvalue weighted by atomic mass is 32.2. The van der Waals surface area contributed by atoms with Crippen molar-refractivity contribution < 1.29 is 18.1 Å². The molecule has 0 radical (unpaired) electrons. The van der Waals surface area contributed by atoms with Crippen LogP contribution in [0, 0.1) is 0 Å². The van der Waals surface area contributed by atoms with Gasteiger partial charge in [-0.1, -0.05) is 58.0 Å². The van der Waals surface area contributed by atoms with E-state index >= 15 is 0 Å². The number of nitrogens with one attached hydrogen (secondary N) is 2. The third-order valence-corrected chi connectivity index (χ3v) is 7.79. The number of quaternary nitrogens is 1. The first-order valence-corrected chi connectivity index (χ1v) is 12.4. The molecule has 168 valence electrons. The molecule has 3 rings (SSSR count). The lowest BCUT2D eigenvalue weighted by Crippen LogP contribution is -3.15. The Kier molecular flexibility index (Phi) is 7.51. The van der Waals surface area contributed by atoms with Gasteiger partial charge in [0.1, 0.15) is 0 Å². The third kappa shape index (κ3) is 5.73. The number of hydrogen-bond donors (Lipinski definition) is 2. The number of nitrogens with zero attached hydrogens (tertiary/aromatic N) is 1. The van der Waals surface area contributed by atoms with Crippen molar-refractivity contribution in [2.75, 3.05) is 38.0 Å². The molecule has 0 aliphatic carbocycles. The van der Waals surface area contributed by atoms with Crippen molar-refractivity contribution in [3.63, 3.8) is 0 Å². The van der Waals surface area contributed by atoms with E-state index < -0.39 is 10.0 Å². The second-order valence-electron chi connectivity index (χ2n) is 8.84. The van der Waals surface area contributed by atoms with E-state index in [-0.39, 0.29) is 5.91 Å². The van der Waals surface area contributed by atoms with E-state index in [1.54, 1.807) is 12.1 Å². The van der Waals surface area contributed by atoms with Crippen LogP contribution in [-0.4, -0.2) is 51.4 Å². The first kappa shape index (κ1) is 23.4. The van der Waals surface area contributed by atoms with Crippen molar-refractivity contribution in [2.24, 2.45) is 0 Å². The molecule has 1 amide bonds. The van der Waals surface area contributed by atoms with Crippen LogP contribution in [0.3, 0.4) is 0 Å². The number of carbonyl (C=O) groups is 1. The number of amides is 1. The normalized spacial score (nSPS) is 16.1. The number of sulfonamides is 1. The lowest BCUT2D eigenvalue weighted by molar-refractivity contribution is -0.895. The van der Waals surface area contributed by atoms with Gasteiger partial charge >= 0.3 is 0 Å². The molecule has 0 unspecified atom stereocenters. The molecule has 0 spiro atoms. The van der Waals surface area contributed by atoms with Crippen molar-refractivity contribution in [2.45, 2.75) is 44.4 Å². The summed E-state index contributed by atoms with van der Waals surface area (Å²) in [6.45, 7) is 10.8. The van der Waals surface area contributed by atoms with Gasteiger partial charge in [-0.2, -0.15) is 4.31 Å². The summed E-state index contributed by atoms with van der Waals surface area (Å²) in [6, 6.07) is 15.0. The Labute approximate surface area is 186 Å². The van der Waals surface area contributed by atoms with Crippen LogP contribution in [0.15, 0.2) is 53.4 Å². The summed E-state index contributed by atoms with van der Waals surface area (Å²) in [6.07, 6.45) is 0.